The van der Waals surface area contributed by atoms with Crippen molar-refractivity contribution in [2.45, 2.75) is 39.2 Å². The van der Waals surface area contributed by atoms with E-state index in [0.717, 1.165) is 32.5 Å². The summed E-state index contributed by atoms with van der Waals surface area (Å²) in [7, 11) is 0. The fraction of sp³-hybridized carbons (Fsp3) is 1.00. The number of hydrogen-bond acceptors (Lipinski definition) is 4. The smallest absolute Gasteiger partial charge is 0.0820 e. The van der Waals surface area contributed by atoms with Gasteiger partial charge in [-0.2, -0.15) is 0 Å². The van der Waals surface area contributed by atoms with Gasteiger partial charge in [-0.25, -0.2) is 4.89 Å². The van der Waals surface area contributed by atoms with E-state index in [0.29, 0.717) is 6.61 Å². The molecule has 0 aliphatic heterocycles. The van der Waals surface area contributed by atoms with Crippen LogP contribution in [0.15, 0.2) is 0 Å². The van der Waals surface area contributed by atoms with Crippen molar-refractivity contribution in [3.8, 4) is 0 Å². The van der Waals surface area contributed by atoms with Gasteiger partial charge in [0.2, 0.25) is 0 Å². The zero-order valence-corrected chi connectivity index (χ0v) is 9.60. The molecule has 0 amide bonds. The van der Waals surface area contributed by atoms with Crippen molar-refractivity contribution in [2.75, 3.05) is 26.2 Å². The normalized spacial score (nSPS) is 12.0. The first-order chi connectivity index (χ1) is 6.56. The van der Waals surface area contributed by atoms with Gasteiger partial charge in [0, 0.05) is 18.6 Å². The highest BCUT2D eigenvalue weighted by atomic mass is 17.1. The van der Waals surface area contributed by atoms with Crippen molar-refractivity contribution < 1.29 is 10.1 Å². The molecule has 4 nitrogen and oxygen atoms in total. The van der Waals surface area contributed by atoms with E-state index in [2.05, 4.69) is 36.3 Å². The third kappa shape index (κ3) is 11.8. The van der Waals surface area contributed by atoms with Crippen LogP contribution in [0.2, 0.25) is 0 Å². The van der Waals surface area contributed by atoms with Crippen molar-refractivity contribution in [2.24, 2.45) is 0 Å². The van der Waals surface area contributed by atoms with E-state index < -0.39 is 0 Å². The van der Waals surface area contributed by atoms with Gasteiger partial charge in [0.25, 0.3) is 0 Å². The molecule has 0 aromatic carbocycles. The number of rotatable bonds is 8. The fourth-order valence-electron chi connectivity index (χ4n) is 1.07. The summed E-state index contributed by atoms with van der Waals surface area (Å²) in [5.74, 6) is 0. The maximum absolute atomic E-state index is 8.07. The highest BCUT2D eigenvalue weighted by Crippen LogP contribution is 1.96. The lowest BCUT2D eigenvalue weighted by atomic mass is 10.1. The van der Waals surface area contributed by atoms with Gasteiger partial charge < -0.3 is 10.6 Å². The summed E-state index contributed by atoms with van der Waals surface area (Å²) in [5.41, 5.74) is 0.201. The Morgan fingerprint density at radius 3 is 2.36 bits per heavy atom. The maximum atomic E-state index is 8.07. The summed E-state index contributed by atoms with van der Waals surface area (Å²) < 4.78 is 0. The first kappa shape index (κ1) is 13.8. The van der Waals surface area contributed by atoms with E-state index in [1.165, 1.54) is 0 Å². The first-order valence-corrected chi connectivity index (χ1v) is 5.28. The molecule has 0 unspecified atom stereocenters. The molecule has 0 aromatic rings. The maximum Gasteiger partial charge on any atom is 0.0820 e. The average molecular weight is 204 g/mol. The molecule has 86 valence electrons. The molecular weight excluding hydrogens is 180 g/mol. The van der Waals surface area contributed by atoms with Gasteiger partial charge in [0.15, 0.2) is 0 Å². The Morgan fingerprint density at radius 2 is 1.79 bits per heavy atom. The van der Waals surface area contributed by atoms with Crippen LogP contribution < -0.4 is 10.6 Å². The highest BCUT2D eigenvalue weighted by molar-refractivity contribution is 4.70. The predicted octanol–water partition coefficient (Wildman–Crippen LogP) is 1.23. The summed E-state index contributed by atoms with van der Waals surface area (Å²) in [4.78, 5) is 3.97. The van der Waals surface area contributed by atoms with Crippen LogP contribution in [-0.2, 0) is 4.89 Å². The molecule has 0 aromatic heterocycles. The lowest BCUT2D eigenvalue weighted by Gasteiger charge is -2.20. The topological polar surface area (TPSA) is 53.5 Å². The second-order valence-electron chi connectivity index (χ2n) is 4.47. The Bertz CT molecular complexity index is 124. The molecule has 14 heavy (non-hydrogen) atoms. The standard InChI is InChI=1S/C10H24N2O2/c1-10(2,3)12-8-7-11-6-4-5-9-14-13/h11-13H,4-9H2,1-3H3. The van der Waals surface area contributed by atoms with Crippen LogP contribution in [0.25, 0.3) is 0 Å². The van der Waals surface area contributed by atoms with Gasteiger partial charge in [-0.1, -0.05) is 0 Å². The third-order valence-corrected chi connectivity index (χ3v) is 1.80. The minimum absolute atomic E-state index is 0.201. The zero-order valence-electron chi connectivity index (χ0n) is 9.60. The van der Waals surface area contributed by atoms with E-state index in [-0.39, 0.29) is 5.54 Å². The molecule has 0 fully saturated rings. The van der Waals surface area contributed by atoms with Crippen molar-refractivity contribution >= 4 is 0 Å². The Kier molecular flexibility index (Phi) is 8.08. The first-order valence-electron chi connectivity index (χ1n) is 5.28. The number of unbranched alkanes of at least 4 members (excludes halogenated alkanes) is 1. The zero-order chi connectivity index (χ0) is 10.9. The Morgan fingerprint density at radius 1 is 1.07 bits per heavy atom. The van der Waals surface area contributed by atoms with Crippen LogP contribution >= 0.6 is 0 Å². The predicted molar refractivity (Wildman–Crippen MR) is 58.4 cm³/mol. The van der Waals surface area contributed by atoms with Crippen LogP contribution in [-0.4, -0.2) is 37.0 Å². The molecule has 0 aliphatic rings. The molecule has 0 rings (SSSR count). The van der Waals surface area contributed by atoms with Gasteiger partial charge in [-0.15, -0.1) is 0 Å². The lowest BCUT2D eigenvalue weighted by molar-refractivity contribution is -0.242. The molecule has 0 bridgehead atoms. The summed E-state index contributed by atoms with van der Waals surface area (Å²) in [6, 6.07) is 0. The quantitative estimate of drug-likeness (QED) is 0.316. The molecule has 0 radical (unpaired) electrons. The summed E-state index contributed by atoms with van der Waals surface area (Å²) in [6.07, 6.45) is 1.94. The van der Waals surface area contributed by atoms with E-state index >= 15 is 0 Å². The van der Waals surface area contributed by atoms with Gasteiger partial charge >= 0.3 is 0 Å². The van der Waals surface area contributed by atoms with Crippen molar-refractivity contribution in [3.05, 3.63) is 0 Å². The summed E-state index contributed by atoms with van der Waals surface area (Å²) >= 11 is 0. The van der Waals surface area contributed by atoms with E-state index in [1.54, 1.807) is 0 Å². The van der Waals surface area contributed by atoms with Gasteiger partial charge in [0.1, 0.15) is 0 Å². The Balaban J connectivity index is 2.99. The fourth-order valence-corrected chi connectivity index (χ4v) is 1.07. The second kappa shape index (κ2) is 8.17. The van der Waals surface area contributed by atoms with E-state index in [4.69, 9.17) is 5.26 Å². The molecular formula is C10H24N2O2. The molecule has 0 atom stereocenters. The van der Waals surface area contributed by atoms with Crippen LogP contribution in [0.4, 0.5) is 0 Å². The van der Waals surface area contributed by atoms with Crippen molar-refractivity contribution in [1.29, 1.82) is 0 Å². The molecule has 0 aliphatic carbocycles. The van der Waals surface area contributed by atoms with Crippen LogP contribution in [0.3, 0.4) is 0 Å². The minimum atomic E-state index is 0.201. The Labute approximate surface area is 87.0 Å². The molecule has 3 N–H and O–H groups in total. The van der Waals surface area contributed by atoms with Crippen LogP contribution in [0.5, 0.6) is 0 Å². The lowest BCUT2D eigenvalue weighted by Crippen LogP contribution is -2.40. The highest BCUT2D eigenvalue weighted by Gasteiger charge is 2.06. The average Bonchev–Trinajstić information content (AvgIpc) is 2.08. The molecule has 0 heterocycles. The van der Waals surface area contributed by atoms with Crippen LogP contribution in [0, 0.1) is 0 Å². The monoisotopic (exact) mass is 204 g/mol. The van der Waals surface area contributed by atoms with Crippen LogP contribution in [0.1, 0.15) is 33.6 Å². The molecule has 0 saturated carbocycles. The summed E-state index contributed by atoms with van der Waals surface area (Å²) in [5, 5.41) is 14.8. The van der Waals surface area contributed by atoms with Gasteiger partial charge in [-0.05, 0) is 40.2 Å². The van der Waals surface area contributed by atoms with E-state index in [9.17, 15) is 0 Å². The molecule has 4 heteroatoms. The second-order valence-corrected chi connectivity index (χ2v) is 4.47. The Hall–Kier alpha value is -0.160. The van der Waals surface area contributed by atoms with E-state index in [1.807, 2.05) is 0 Å². The molecule has 0 saturated heterocycles. The largest absolute Gasteiger partial charge is 0.315 e. The summed E-state index contributed by atoms with van der Waals surface area (Å²) in [6.45, 7) is 9.86. The number of hydrogen-bond donors (Lipinski definition) is 3. The van der Waals surface area contributed by atoms with Gasteiger partial charge in [0.05, 0.1) is 6.61 Å². The van der Waals surface area contributed by atoms with Crippen molar-refractivity contribution in [1.82, 2.24) is 10.6 Å². The minimum Gasteiger partial charge on any atom is -0.315 e. The van der Waals surface area contributed by atoms with Gasteiger partial charge in [-0.3, -0.25) is 5.26 Å². The third-order valence-electron chi connectivity index (χ3n) is 1.80. The van der Waals surface area contributed by atoms with Crippen molar-refractivity contribution in [3.63, 3.8) is 0 Å². The SMILES string of the molecule is CC(C)(C)NCCNCCCCOO. The number of nitrogens with one attached hydrogen (secondary N) is 2. The molecule has 0 spiro atoms.